The van der Waals surface area contributed by atoms with Crippen LogP contribution in [0, 0.1) is 24.5 Å². The molecular weight excluding hydrogens is 258 g/mol. The van der Waals surface area contributed by atoms with E-state index in [4.69, 9.17) is 4.74 Å². The predicted molar refractivity (Wildman–Crippen MR) is 77.3 cm³/mol. The quantitative estimate of drug-likeness (QED) is 0.722. The van der Waals surface area contributed by atoms with Crippen LogP contribution in [0.15, 0.2) is 6.07 Å². The van der Waals surface area contributed by atoms with Crippen molar-refractivity contribution in [3.05, 3.63) is 28.8 Å². The molecular formula is C17H24F2O. The molecule has 0 spiro atoms. The number of rotatable bonds is 4. The van der Waals surface area contributed by atoms with Gasteiger partial charge in [-0.1, -0.05) is 13.3 Å². The summed E-state index contributed by atoms with van der Waals surface area (Å²) >= 11 is 0. The van der Waals surface area contributed by atoms with Gasteiger partial charge in [0.25, 0.3) is 0 Å². The molecule has 1 aromatic carbocycles. The van der Waals surface area contributed by atoms with Crippen LogP contribution in [0.1, 0.15) is 63.0 Å². The summed E-state index contributed by atoms with van der Waals surface area (Å²) in [6.45, 7) is 6.17. The number of hydrogen-bond donors (Lipinski definition) is 0. The minimum Gasteiger partial charge on any atom is -0.491 e. The molecule has 1 aliphatic rings. The lowest BCUT2D eigenvalue weighted by Crippen LogP contribution is -2.15. The summed E-state index contributed by atoms with van der Waals surface area (Å²) in [5, 5.41) is 0. The molecule has 0 N–H and O–H groups in total. The Hall–Kier alpha value is -1.12. The number of halogens is 2. The maximum atomic E-state index is 14.4. The zero-order valence-electron chi connectivity index (χ0n) is 12.6. The third kappa shape index (κ3) is 2.97. The van der Waals surface area contributed by atoms with Crippen LogP contribution in [0.25, 0.3) is 0 Å². The second kappa shape index (κ2) is 6.55. The molecule has 0 heterocycles. The summed E-state index contributed by atoms with van der Waals surface area (Å²) in [5.74, 6) is -0.586. The normalized spacial score (nSPS) is 22.9. The predicted octanol–water partition coefficient (Wildman–Crippen LogP) is 5.36. The monoisotopic (exact) mass is 282 g/mol. The summed E-state index contributed by atoms with van der Waals surface area (Å²) in [5.41, 5.74) is 1.38. The van der Waals surface area contributed by atoms with Crippen molar-refractivity contribution in [1.82, 2.24) is 0 Å². The Morgan fingerprint density at radius 3 is 2.30 bits per heavy atom. The van der Waals surface area contributed by atoms with Gasteiger partial charge in [-0.25, -0.2) is 4.39 Å². The fraction of sp³-hybridized carbons (Fsp3) is 0.647. The van der Waals surface area contributed by atoms with Crippen LogP contribution in [-0.2, 0) is 0 Å². The summed E-state index contributed by atoms with van der Waals surface area (Å²) in [7, 11) is 0. The number of aryl methyl sites for hydroxylation is 1. The van der Waals surface area contributed by atoms with Gasteiger partial charge in [-0.3, -0.25) is 0 Å². The van der Waals surface area contributed by atoms with E-state index in [2.05, 4.69) is 6.92 Å². The van der Waals surface area contributed by atoms with Crippen molar-refractivity contribution in [3.8, 4) is 5.75 Å². The highest BCUT2D eigenvalue weighted by Gasteiger charge is 2.27. The Morgan fingerprint density at radius 1 is 1.10 bits per heavy atom. The van der Waals surface area contributed by atoms with E-state index in [1.807, 2.05) is 6.92 Å². The fourth-order valence-electron chi connectivity index (χ4n) is 3.36. The molecule has 0 amide bonds. The molecule has 3 heteroatoms. The third-order valence-corrected chi connectivity index (χ3v) is 4.55. The summed E-state index contributed by atoms with van der Waals surface area (Å²) in [6, 6.07) is 1.64. The molecule has 0 atom stereocenters. The van der Waals surface area contributed by atoms with Gasteiger partial charge in [0.15, 0.2) is 11.6 Å². The van der Waals surface area contributed by atoms with E-state index < -0.39 is 11.6 Å². The first kappa shape index (κ1) is 15.3. The standard InChI is InChI=1S/C17H24F2O/c1-4-12-6-8-13(9-7-12)15-11(3)10-14(20-5-2)16(18)17(15)19/h10,12-13H,4-9H2,1-3H3. The molecule has 2 rings (SSSR count). The van der Waals surface area contributed by atoms with Crippen molar-refractivity contribution in [1.29, 1.82) is 0 Å². The fourth-order valence-corrected chi connectivity index (χ4v) is 3.36. The van der Waals surface area contributed by atoms with Crippen molar-refractivity contribution < 1.29 is 13.5 Å². The Morgan fingerprint density at radius 2 is 1.75 bits per heavy atom. The smallest absolute Gasteiger partial charge is 0.200 e. The van der Waals surface area contributed by atoms with Gasteiger partial charge in [0.1, 0.15) is 0 Å². The zero-order chi connectivity index (χ0) is 14.7. The minimum atomic E-state index is -0.829. The average molecular weight is 282 g/mol. The molecule has 0 radical (unpaired) electrons. The van der Waals surface area contributed by atoms with Gasteiger partial charge in [0.05, 0.1) is 6.61 Å². The number of hydrogen-bond acceptors (Lipinski definition) is 1. The maximum absolute atomic E-state index is 14.4. The van der Waals surface area contributed by atoms with Crippen molar-refractivity contribution in [2.45, 2.75) is 58.8 Å². The second-order valence-corrected chi connectivity index (χ2v) is 5.79. The minimum absolute atomic E-state index is 0.0356. The molecule has 0 aliphatic heterocycles. The zero-order valence-corrected chi connectivity index (χ0v) is 12.6. The number of benzene rings is 1. The molecule has 112 valence electrons. The van der Waals surface area contributed by atoms with Gasteiger partial charge in [-0.05, 0) is 68.6 Å². The van der Waals surface area contributed by atoms with E-state index in [0.717, 1.165) is 37.2 Å². The lowest BCUT2D eigenvalue weighted by atomic mass is 9.76. The van der Waals surface area contributed by atoms with Crippen LogP contribution in [0.2, 0.25) is 0 Å². The topological polar surface area (TPSA) is 9.23 Å². The molecule has 1 fully saturated rings. The third-order valence-electron chi connectivity index (χ3n) is 4.55. The van der Waals surface area contributed by atoms with Gasteiger partial charge in [0.2, 0.25) is 5.82 Å². The summed E-state index contributed by atoms with van der Waals surface area (Å²) < 4.78 is 33.5. The van der Waals surface area contributed by atoms with Crippen LogP contribution >= 0.6 is 0 Å². The van der Waals surface area contributed by atoms with Crippen molar-refractivity contribution in [3.63, 3.8) is 0 Å². The van der Waals surface area contributed by atoms with E-state index in [1.54, 1.807) is 13.0 Å². The van der Waals surface area contributed by atoms with E-state index in [-0.39, 0.29) is 11.7 Å². The Kier molecular flexibility index (Phi) is 5.00. The summed E-state index contributed by atoms with van der Waals surface area (Å²) in [6.07, 6.45) is 5.35. The molecule has 0 saturated heterocycles. The van der Waals surface area contributed by atoms with E-state index >= 15 is 0 Å². The first-order valence-corrected chi connectivity index (χ1v) is 7.69. The Bertz CT molecular complexity index is 463. The largest absolute Gasteiger partial charge is 0.491 e. The Labute approximate surface area is 120 Å². The highest BCUT2D eigenvalue weighted by molar-refractivity contribution is 5.40. The van der Waals surface area contributed by atoms with Gasteiger partial charge < -0.3 is 4.74 Å². The van der Waals surface area contributed by atoms with E-state index in [1.165, 1.54) is 6.42 Å². The molecule has 0 bridgehead atoms. The molecule has 1 nitrogen and oxygen atoms in total. The lowest BCUT2D eigenvalue weighted by Gasteiger charge is -2.29. The Balaban J connectivity index is 2.26. The average Bonchev–Trinajstić information content (AvgIpc) is 2.45. The second-order valence-electron chi connectivity index (χ2n) is 5.79. The van der Waals surface area contributed by atoms with E-state index in [0.29, 0.717) is 12.2 Å². The number of ether oxygens (including phenoxy) is 1. The van der Waals surface area contributed by atoms with Crippen LogP contribution < -0.4 is 4.74 Å². The first-order chi connectivity index (χ1) is 9.58. The van der Waals surface area contributed by atoms with Crippen LogP contribution in [-0.4, -0.2) is 6.61 Å². The van der Waals surface area contributed by atoms with Crippen molar-refractivity contribution >= 4 is 0 Å². The lowest BCUT2D eigenvalue weighted by molar-refractivity contribution is 0.300. The molecule has 1 aliphatic carbocycles. The van der Waals surface area contributed by atoms with Gasteiger partial charge in [-0.2, -0.15) is 4.39 Å². The SMILES string of the molecule is CCOc1cc(C)c(C2CCC(CC)CC2)c(F)c1F. The van der Waals surface area contributed by atoms with Crippen LogP contribution in [0.3, 0.4) is 0 Å². The highest BCUT2D eigenvalue weighted by atomic mass is 19.2. The summed E-state index contributed by atoms with van der Waals surface area (Å²) in [4.78, 5) is 0. The van der Waals surface area contributed by atoms with Gasteiger partial charge in [0, 0.05) is 0 Å². The van der Waals surface area contributed by atoms with Crippen molar-refractivity contribution in [2.24, 2.45) is 5.92 Å². The molecule has 0 unspecified atom stereocenters. The molecule has 0 aromatic heterocycles. The van der Waals surface area contributed by atoms with Crippen LogP contribution in [0.4, 0.5) is 8.78 Å². The van der Waals surface area contributed by atoms with Gasteiger partial charge in [-0.15, -0.1) is 0 Å². The van der Waals surface area contributed by atoms with Gasteiger partial charge >= 0.3 is 0 Å². The van der Waals surface area contributed by atoms with E-state index in [9.17, 15) is 8.78 Å². The highest BCUT2D eigenvalue weighted by Crippen LogP contribution is 2.41. The first-order valence-electron chi connectivity index (χ1n) is 7.69. The maximum Gasteiger partial charge on any atom is 0.200 e. The molecule has 20 heavy (non-hydrogen) atoms. The van der Waals surface area contributed by atoms with Crippen molar-refractivity contribution in [2.75, 3.05) is 6.61 Å². The van der Waals surface area contributed by atoms with Crippen LogP contribution in [0.5, 0.6) is 5.75 Å². The molecule has 1 aromatic rings. The molecule has 1 saturated carbocycles.